The summed E-state index contributed by atoms with van der Waals surface area (Å²) in [7, 11) is 0. The number of nitrogens with zero attached hydrogens (tertiary/aromatic N) is 3. The largest absolute Gasteiger partial charge is 0.355 e. The lowest BCUT2D eigenvalue weighted by Gasteiger charge is -2.32. The number of anilines is 2. The Morgan fingerprint density at radius 3 is 2.41 bits per heavy atom. The average molecular weight is 423 g/mol. The highest BCUT2D eigenvalue weighted by Gasteiger charge is 2.26. The fraction of sp³-hybridized carbons (Fsp3) is 0.222. The van der Waals surface area contributed by atoms with Crippen molar-refractivity contribution >= 4 is 28.2 Å². The highest BCUT2D eigenvalue weighted by molar-refractivity contribution is 6.02. The van der Waals surface area contributed by atoms with E-state index in [1.165, 1.54) is 5.56 Å². The quantitative estimate of drug-likeness (QED) is 0.474. The number of nitrogens with one attached hydrogen (secondary N) is 1. The second kappa shape index (κ2) is 8.79. The van der Waals surface area contributed by atoms with Crippen LogP contribution in [0.25, 0.3) is 22.0 Å². The minimum atomic E-state index is 0.00409. The van der Waals surface area contributed by atoms with Crippen LogP contribution in [0, 0.1) is 12.8 Å². The minimum absolute atomic E-state index is 0.00409. The maximum absolute atomic E-state index is 12.9. The van der Waals surface area contributed by atoms with E-state index < -0.39 is 0 Å². The van der Waals surface area contributed by atoms with Crippen molar-refractivity contribution in [1.82, 2.24) is 10.2 Å². The van der Waals surface area contributed by atoms with Gasteiger partial charge in [-0.1, -0.05) is 60.7 Å². The SMILES string of the molecule is Cc1ccccc1-c1ccc(N2CCC(C(=O)Nc3cccc4ccccc34)CC2)nn1. The smallest absolute Gasteiger partial charge is 0.227 e. The van der Waals surface area contributed by atoms with Gasteiger partial charge < -0.3 is 10.2 Å². The van der Waals surface area contributed by atoms with Gasteiger partial charge in [-0.2, -0.15) is 0 Å². The van der Waals surface area contributed by atoms with Gasteiger partial charge in [0.2, 0.25) is 5.91 Å². The third-order valence-corrected chi connectivity index (χ3v) is 6.31. The van der Waals surface area contributed by atoms with Gasteiger partial charge in [-0.3, -0.25) is 4.79 Å². The Balaban J connectivity index is 1.22. The van der Waals surface area contributed by atoms with Gasteiger partial charge in [0.15, 0.2) is 5.82 Å². The number of carbonyl (C=O) groups excluding carboxylic acids is 1. The third-order valence-electron chi connectivity index (χ3n) is 6.31. The molecule has 5 rings (SSSR count). The van der Waals surface area contributed by atoms with Crippen LogP contribution in [0.4, 0.5) is 11.5 Å². The molecule has 160 valence electrons. The lowest BCUT2D eigenvalue weighted by Crippen LogP contribution is -2.38. The normalized spacial score (nSPS) is 14.5. The first-order chi connectivity index (χ1) is 15.7. The van der Waals surface area contributed by atoms with Gasteiger partial charge in [0, 0.05) is 35.6 Å². The molecule has 0 spiro atoms. The topological polar surface area (TPSA) is 58.1 Å². The Bertz CT molecular complexity index is 1240. The summed E-state index contributed by atoms with van der Waals surface area (Å²) in [5.74, 6) is 0.974. The molecule has 5 nitrogen and oxygen atoms in total. The number of amides is 1. The van der Waals surface area contributed by atoms with Crippen molar-refractivity contribution in [3.63, 3.8) is 0 Å². The molecule has 32 heavy (non-hydrogen) atoms. The number of benzene rings is 3. The van der Waals surface area contributed by atoms with Gasteiger partial charge >= 0.3 is 0 Å². The monoisotopic (exact) mass is 422 g/mol. The lowest BCUT2D eigenvalue weighted by molar-refractivity contribution is -0.120. The second-order valence-corrected chi connectivity index (χ2v) is 8.37. The predicted octanol–water partition coefficient (Wildman–Crippen LogP) is 5.46. The summed E-state index contributed by atoms with van der Waals surface area (Å²) >= 11 is 0. The van der Waals surface area contributed by atoms with E-state index in [1.807, 2.05) is 54.6 Å². The van der Waals surface area contributed by atoms with Crippen molar-refractivity contribution in [2.75, 3.05) is 23.3 Å². The molecule has 1 fully saturated rings. The number of aryl methyl sites for hydroxylation is 1. The van der Waals surface area contributed by atoms with Gasteiger partial charge in [-0.25, -0.2) is 0 Å². The maximum atomic E-state index is 12.9. The molecule has 2 heterocycles. The Kier molecular flexibility index (Phi) is 5.55. The maximum Gasteiger partial charge on any atom is 0.227 e. The van der Waals surface area contributed by atoms with Crippen molar-refractivity contribution in [2.24, 2.45) is 5.92 Å². The summed E-state index contributed by atoms with van der Waals surface area (Å²) in [5.41, 5.74) is 4.06. The summed E-state index contributed by atoms with van der Waals surface area (Å²) in [6, 6.07) is 26.4. The summed E-state index contributed by atoms with van der Waals surface area (Å²) in [4.78, 5) is 15.1. The summed E-state index contributed by atoms with van der Waals surface area (Å²) in [6.07, 6.45) is 1.61. The Labute approximate surface area is 188 Å². The van der Waals surface area contributed by atoms with Crippen LogP contribution in [0.15, 0.2) is 78.9 Å². The molecule has 0 bridgehead atoms. The highest BCUT2D eigenvalue weighted by Crippen LogP contribution is 2.27. The molecule has 5 heteroatoms. The van der Waals surface area contributed by atoms with Crippen LogP contribution >= 0.6 is 0 Å². The van der Waals surface area contributed by atoms with Gasteiger partial charge in [0.1, 0.15) is 0 Å². The number of fused-ring (bicyclic) bond motifs is 1. The Hall–Kier alpha value is -3.73. The van der Waals surface area contributed by atoms with Crippen LogP contribution in [0.2, 0.25) is 0 Å². The van der Waals surface area contributed by atoms with Crippen molar-refractivity contribution in [1.29, 1.82) is 0 Å². The fourth-order valence-electron chi connectivity index (χ4n) is 4.44. The number of aromatic nitrogens is 2. The molecule has 1 aliphatic heterocycles. The Morgan fingerprint density at radius 2 is 1.62 bits per heavy atom. The Morgan fingerprint density at radius 1 is 0.875 bits per heavy atom. The first kappa shape index (κ1) is 20.2. The molecule has 0 unspecified atom stereocenters. The predicted molar refractivity (Wildman–Crippen MR) is 130 cm³/mol. The molecule has 0 radical (unpaired) electrons. The molecule has 0 aliphatic carbocycles. The molecule has 1 amide bonds. The molecule has 4 aromatic rings. The first-order valence-electron chi connectivity index (χ1n) is 11.1. The number of piperidine rings is 1. The van der Waals surface area contributed by atoms with E-state index in [2.05, 4.69) is 51.6 Å². The molecule has 0 atom stereocenters. The summed E-state index contributed by atoms with van der Waals surface area (Å²) in [6.45, 7) is 3.68. The zero-order valence-corrected chi connectivity index (χ0v) is 18.2. The molecule has 1 aliphatic rings. The van der Waals surface area contributed by atoms with Gasteiger partial charge in [0.05, 0.1) is 5.69 Å². The number of carbonyl (C=O) groups is 1. The lowest BCUT2D eigenvalue weighted by atomic mass is 9.95. The van der Waals surface area contributed by atoms with E-state index in [1.54, 1.807) is 0 Å². The number of hydrogen-bond acceptors (Lipinski definition) is 4. The van der Waals surface area contributed by atoms with E-state index in [0.717, 1.165) is 59.5 Å². The van der Waals surface area contributed by atoms with E-state index in [-0.39, 0.29) is 11.8 Å². The fourth-order valence-corrected chi connectivity index (χ4v) is 4.44. The minimum Gasteiger partial charge on any atom is -0.355 e. The first-order valence-corrected chi connectivity index (χ1v) is 11.1. The van der Waals surface area contributed by atoms with Crippen LogP contribution in [0.5, 0.6) is 0 Å². The third kappa shape index (κ3) is 4.06. The zero-order chi connectivity index (χ0) is 21.9. The van der Waals surface area contributed by atoms with Crippen LogP contribution in [0.1, 0.15) is 18.4 Å². The average Bonchev–Trinajstić information content (AvgIpc) is 2.85. The number of rotatable bonds is 4. The number of hydrogen-bond donors (Lipinski definition) is 1. The van der Waals surface area contributed by atoms with E-state index in [9.17, 15) is 4.79 Å². The van der Waals surface area contributed by atoms with Gasteiger partial charge in [-0.15, -0.1) is 10.2 Å². The van der Waals surface area contributed by atoms with E-state index in [4.69, 9.17) is 0 Å². The molecular weight excluding hydrogens is 396 g/mol. The zero-order valence-electron chi connectivity index (χ0n) is 18.2. The molecule has 1 N–H and O–H groups in total. The molecule has 1 aromatic heterocycles. The van der Waals surface area contributed by atoms with Crippen LogP contribution in [-0.4, -0.2) is 29.2 Å². The van der Waals surface area contributed by atoms with Crippen LogP contribution in [-0.2, 0) is 4.79 Å². The van der Waals surface area contributed by atoms with E-state index in [0.29, 0.717) is 0 Å². The second-order valence-electron chi connectivity index (χ2n) is 8.37. The summed E-state index contributed by atoms with van der Waals surface area (Å²) < 4.78 is 0. The van der Waals surface area contributed by atoms with Crippen LogP contribution < -0.4 is 10.2 Å². The molecular formula is C27H26N4O. The van der Waals surface area contributed by atoms with Crippen molar-refractivity contribution in [3.8, 4) is 11.3 Å². The van der Waals surface area contributed by atoms with Crippen molar-refractivity contribution < 1.29 is 4.79 Å². The molecule has 0 saturated carbocycles. The van der Waals surface area contributed by atoms with Crippen molar-refractivity contribution in [2.45, 2.75) is 19.8 Å². The van der Waals surface area contributed by atoms with Gasteiger partial charge in [0.25, 0.3) is 0 Å². The van der Waals surface area contributed by atoms with Crippen LogP contribution in [0.3, 0.4) is 0 Å². The van der Waals surface area contributed by atoms with E-state index >= 15 is 0 Å². The van der Waals surface area contributed by atoms with Crippen molar-refractivity contribution in [3.05, 3.63) is 84.4 Å². The molecule has 3 aromatic carbocycles. The highest BCUT2D eigenvalue weighted by atomic mass is 16.1. The molecule has 1 saturated heterocycles. The summed E-state index contributed by atoms with van der Waals surface area (Å²) in [5, 5.41) is 14.3. The standard InChI is InChI=1S/C27H26N4O/c1-19-7-2-4-10-22(19)25-13-14-26(30-29-25)31-17-15-21(16-18-31)27(32)28-24-12-6-9-20-8-3-5-11-23(20)24/h2-14,21H,15-18H2,1H3,(H,28,32). The van der Waals surface area contributed by atoms with Gasteiger partial charge in [-0.05, 0) is 48.9 Å².